The van der Waals surface area contributed by atoms with Gasteiger partial charge in [0.05, 0.1) is 0 Å². The molecule has 1 saturated carbocycles. The van der Waals surface area contributed by atoms with E-state index in [-0.39, 0.29) is 0 Å². The van der Waals surface area contributed by atoms with Gasteiger partial charge in [-0.2, -0.15) is 0 Å². The van der Waals surface area contributed by atoms with Gasteiger partial charge in [0.2, 0.25) is 0 Å². The first-order valence-corrected chi connectivity index (χ1v) is 8.64. The molecule has 0 aromatic rings. The second kappa shape index (κ2) is 6.53. The van der Waals surface area contributed by atoms with Crippen molar-refractivity contribution < 1.29 is 5.21 Å². The van der Waals surface area contributed by atoms with E-state index < -0.39 is 0 Å². The Labute approximate surface area is 128 Å². The minimum absolute atomic E-state index is 0.314. The van der Waals surface area contributed by atoms with Crippen molar-refractivity contribution in [3.05, 3.63) is 0 Å². The Hall–Kier alpha value is -0.810. The number of nitrogens with two attached hydrogens (primary N) is 1. The zero-order chi connectivity index (χ0) is 14.7. The number of hydrogen-bond acceptors (Lipinski definition) is 4. The summed E-state index contributed by atoms with van der Waals surface area (Å²) in [5.74, 6) is 0.399. The number of amidine groups is 1. The van der Waals surface area contributed by atoms with Gasteiger partial charge in [-0.3, -0.25) is 0 Å². The number of rotatable bonds is 5. The molecule has 120 valence electrons. The van der Waals surface area contributed by atoms with Crippen LogP contribution in [0.4, 0.5) is 0 Å². The lowest BCUT2D eigenvalue weighted by Crippen LogP contribution is -2.47. The van der Waals surface area contributed by atoms with Gasteiger partial charge >= 0.3 is 0 Å². The van der Waals surface area contributed by atoms with Crippen LogP contribution in [0.15, 0.2) is 5.16 Å². The molecule has 0 radical (unpaired) electrons. The van der Waals surface area contributed by atoms with E-state index >= 15 is 0 Å². The maximum Gasteiger partial charge on any atom is 0.139 e. The lowest BCUT2D eigenvalue weighted by Gasteiger charge is -2.41. The molecular weight excluding hydrogens is 264 g/mol. The quantitative estimate of drug-likeness (QED) is 0.351. The Bertz CT molecular complexity index is 366. The molecule has 3 rings (SSSR count). The summed E-state index contributed by atoms with van der Waals surface area (Å²) in [5.41, 5.74) is 6.01. The minimum atomic E-state index is 0.314. The molecule has 5 nitrogen and oxygen atoms in total. The van der Waals surface area contributed by atoms with Crippen LogP contribution >= 0.6 is 0 Å². The van der Waals surface area contributed by atoms with E-state index in [9.17, 15) is 0 Å². The lowest BCUT2D eigenvalue weighted by molar-refractivity contribution is 0.0834. The van der Waals surface area contributed by atoms with E-state index in [0.29, 0.717) is 11.3 Å². The molecule has 0 aromatic carbocycles. The van der Waals surface area contributed by atoms with Crippen LogP contribution in [-0.2, 0) is 0 Å². The molecule has 2 heterocycles. The summed E-state index contributed by atoms with van der Waals surface area (Å²) in [6.07, 6.45) is 10.1. The SMILES string of the molecule is NC(CC1(CN2CCC(N3CCCCC3)CC2)CC1)=NO. The normalized spacial score (nSPS) is 28.7. The molecule has 2 aliphatic heterocycles. The predicted octanol–water partition coefficient (Wildman–Crippen LogP) is 1.85. The molecule has 21 heavy (non-hydrogen) atoms. The van der Waals surface area contributed by atoms with Crippen LogP contribution in [0.1, 0.15) is 51.4 Å². The highest BCUT2D eigenvalue weighted by atomic mass is 16.4. The van der Waals surface area contributed by atoms with Gasteiger partial charge in [-0.05, 0) is 70.1 Å². The smallest absolute Gasteiger partial charge is 0.139 e. The van der Waals surface area contributed by atoms with Gasteiger partial charge in [0, 0.05) is 19.0 Å². The van der Waals surface area contributed by atoms with Gasteiger partial charge in [-0.15, -0.1) is 0 Å². The summed E-state index contributed by atoms with van der Waals surface area (Å²) in [7, 11) is 0. The number of nitrogens with zero attached hydrogens (tertiary/aromatic N) is 3. The second-order valence-electron chi connectivity index (χ2n) is 7.37. The Morgan fingerprint density at radius 1 is 1.10 bits per heavy atom. The van der Waals surface area contributed by atoms with Crippen molar-refractivity contribution in [1.82, 2.24) is 9.80 Å². The van der Waals surface area contributed by atoms with E-state index in [0.717, 1.165) is 19.0 Å². The summed E-state index contributed by atoms with van der Waals surface area (Å²) in [6, 6.07) is 0.820. The van der Waals surface area contributed by atoms with Crippen LogP contribution in [0, 0.1) is 5.41 Å². The highest BCUT2D eigenvalue weighted by molar-refractivity contribution is 5.80. The minimum Gasteiger partial charge on any atom is -0.409 e. The van der Waals surface area contributed by atoms with E-state index in [1.54, 1.807) is 0 Å². The van der Waals surface area contributed by atoms with Crippen LogP contribution in [0.5, 0.6) is 0 Å². The number of oxime groups is 1. The predicted molar refractivity (Wildman–Crippen MR) is 84.6 cm³/mol. The summed E-state index contributed by atoms with van der Waals surface area (Å²) < 4.78 is 0. The molecule has 0 amide bonds. The van der Waals surface area contributed by atoms with Crippen LogP contribution in [0.3, 0.4) is 0 Å². The zero-order valence-electron chi connectivity index (χ0n) is 13.1. The van der Waals surface area contributed by atoms with E-state index in [1.165, 1.54) is 71.1 Å². The van der Waals surface area contributed by atoms with Crippen molar-refractivity contribution in [3.63, 3.8) is 0 Å². The fraction of sp³-hybridized carbons (Fsp3) is 0.938. The summed E-state index contributed by atoms with van der Waals surface area (Å²) >= 11 is 0. The molecule has 0 unspecified atom stereocenters. The van der Waals surface area contributed by atoms with Crippen LogP contribution < -0.4 is 5.73 Å². The van der Waals surface area contributed by atoms with Gasteiger partial charge in [-0.25, -0.2) is 0 Å². The molecule has 3 fully saturated rings. The van der Waals surface area contributed by atoms with Crippen molar-refractivity contribution in [2.24, 2.45) is 16.3 Å². The first-order chi connectivity index (χ1) is 10.2. The topological polar surface area (TPSA) is 65.1 Å². The maximum atomic E-state index is 8.75. The first kappa shape index (κ1) is 15.1. The maximum absolute atomic E-state index is 8.75. The summed E-state index contributed by atoms with van der Waals surface area (Å²) in [5, 5.41) is 11.9. The molecular formula is C16H30N4O. The molecule has 1 aliphatic carbocycles. The standard InChI is InChI=1S/C16H30N4O/c17-15(18-21)12-16(6-7-16)13-19-10-4-14(5-11-19)20-8-2-1-3-9-20/h14,21H,1-13H2,(H2,17,18). The first-order valence-electron chi connectivity index (χ1n) is 8.64. The third kappa shape index (κ3) is 3.89. The molecule has 0 bridgehead atoms. The van der Waals surface area contributed by atoms with Crippen LogP contribution in [-0.4, -0.2) is 59.6 Å². The third-order valence-corrected chi connectivity index (χ3v) is 5.66. The van der Waals surface area contributed by atoms with E-state index in [2.05, 4.69) is 15.0 Å². The van der Waals surface area contributed by atoms with Crippen molar-refractivity contribution in [3.8, 4) is 0 Å². The number of hydrogen-bond donors (Lipinski definition) is 2. The van der Waals surface area contributed by atoms with Gasteiger partial charge in [0.15, 0.2) is 0 Å². The average molecular weight is 294 g/mol. The lowest BCUT2D eigenvalue weighted by atomic mass is 9.96. The monoisotopic (exact) mass is 294 g/mol. The Kier molecular flexibility index (Phi) is 4.69. The van der Waals surface area contributed by atoms with Crippen molar-refractivity contribution in [1.29, 1.82) is 0 Å². The van der Waals surface area contributed by atoms with E-state index in [1.807, 2.05) is 0 Å². The van der Waals surface area contributed by atoms with Crippen molar-refractivity contribution >= 4 is 5.84 Å². The highest BCUT2D eigenvalue weighted by Gasteiger charge is 2.45. The zero-order valence-corrected chi connectivity index (χ0v) is 13.1. The van der Waals surface area contributed by atoms with Crippen LogP contribution in [0.2, 0.25) is 0 Å². The molecule has 2 saturated heterocycles. The highest BCUT2D eigenvalue weighted by Crippen LogP contribution is 2.49. The summed E-state index contributed by atoms with van der Waals surface area (Å²) in [6.45, 7) is 6.21. The fourth-order valence-electron chi connectivity index (χ4n) is 4.19. The van der Waals surface area contributed by atoms with Crippen molar-refractivity contribution in [2.75, 3.05) is 32.7 Å². The van der Waals surface area contributed by atoms with Gasteiger partial charge in [0.1, 0.15) is 5.84 Å². The van der Waals surface area contributed by atoms with Gasteiger partial charge in [-0.1, -0.05) is 11.6 Å². The molecule has 3 N–H and O–H groups in total. The molecule has 0 spiro atoms. The Morgan fingerprint density at radius 3 is 2.33 bits per heavy atom. The Balaban J connectivity index is 1.43. The fourth-order valence-corrected chi connectivity index (χ4v) is 4.19. The molecule has 0 atom stereocenters. The van der Waals surface area contributed by atoms with Gasteiger partial charge in [0.25, 0.3) is 0 Å². The summed E-state index contributed by atoms with van der Waals surface area (Å²) in [4.78, 5) is 5.34. The Morgan fingerprint density at radius 2 is 1.76 bits per heavy atom. The number of piperidine rings is 2. The molecule has 3 aliphatic rings. The van der Waals surface area contributed by atoms with Gasteiger partial charge < -0.3 is 20.7 Å². The molecule has 0 aromatic heterocycles. The third-order valence-electron chi connectivity index (χ3n) is 5.66. The van der Waals surface area contributed by atoms with Crippen LogP contribution in [0.25, 0.3) is 0 Å². The average Bonchev–Trinajstić information content (AvgIpc) is 3.28. The van der Waals surface area contributed by atoms with Crippen molar-refractivity contribution in [2.45, 2.75) is 57.4 Å². The molecule has 5 heteroatoms. The van der Waals surface area contributed by atoms with E-state index in [4.69, 9.17) is 10.9 Å². The largest absolute Gasteiger partial charge is 0.409 e. The second-order valence-corrected chi connectivity index (χ2v) is 7.37. The number of likely N-dealkylation sites (tertiary alicyclic amines) is 2.